The number of halogens is 2. The van der Waals surface area contributed by atoms with Crippen molar-refractivity contribution in [3.8, 4) is 11.5 Å². The average molecular weight is 513 g/mol. The number of nitrogens with zero attached hydrogens (tertiary/aromatic N) is 2. The standard InChI is InChI=1S/C25H22Cl2N4O2S/c1-3-31(4-2)18-9-5-15(6-10-18)24-29-21-14-17(8-12-22(21)33-24)28-25(34)30-23(32)19-13-16(26)7-11-20(19)27/h5-14H,3-4H2,1-2H3,(H2,28,30,32,34). The van der Waals surface area contributed by atoms with Crippen LogP contribution in [-0.2, 0) is 0 Å². The largest absolute Gasteiger partial charge is 0.436 e. The summed E-state index contributed by atoms with van der Waals surface area (Å²) < 4.78 is 5.93. The van der Waals surface area contributed by atoms with Crippen molar-refractivity contribution in [2.75, 3.05) is 23.3 Å². The van der Waals surface area contributed by atoms with Crippen molar-refractivity contribution in [2.24, 2.45) is 0 Å². The minimum atomic E-state index is -0.456. The molecule has 6 nitrogen and oxygen atoms in total. The Bertz CT molecular complexity index is 1350. The highest BCUT2D eigenvalue weighted by atomic mass is 35.5. The molecule has 0 unspecified atom stereocenters. The molecule has 0 radical (unpaired) electrons. The Kier molecular flexibility index (Phi) is 7.36. The van der Waals surface area contributed by atoms with Crippen molar-refractivity contribution >= 4 is 68.9 Å². The maximum Gasteiger partial charge on any atom is 0.258 e. The van der Waals surface area contributed by atoms with Crippen LogP contribution in [-0.4, -0.2) is 29.1 Å². The second-order valence-corrected chi connectivity index (χ2v) is 8.70. The number of benzene rings is 3. The highest BCUT2D eigenvalue weighted by Crippen LogP contribution is 2.28. The van der Waals surface area contributed by atoms with Crippen molar-refractivity contribution in [3.63, 3.8) is 0 Å². The van der Waals surface area contributed by atoms with E-state index in [-0.39, 0.29) is 15.7 Å². The third-order valence-corrected chi connectivity index (χ3v) is 6.06. The van der Waals surface area contributed by atoms with Gasteiger partial charge in [-0.2, -0.15) is 0 Å². The van der Waals surface area contributed by atoms with E-state index in [1.54, 1.807) is 30.3 Å². The van der Waals surface area contributed by atoms with Gasteiger partial charge in [0.1, 0.15) is 5.52 Å². The van der Waals surface area contributed by atoms with Crippen LogP contribution in [0.1, 0.15) is 24.2 Å². The lowest BCUT2D eigenvalue weighted by molar-refractivity contribution is 0.0978. The van der Waals surface area contributed by atoms with Gasteiger partial charge in [-0.25, -0.2) is 4.98 Å². The molecular weight excluding hydrogens is 491 g/mol. The molecule has 1 amide bonds. The molecule has 0 aliphatic heterocycles. The van der Waals surface area contributed by atoms with Crippen molar-refractivity contribution in [1.29, 1.82) is 0 Å². The number of rotatable bonds is 6. The molecule has 2 N–H and O–H groups in total. The van der Waals surface area contributed by atoms with Crippen LogP contribution in [0.4, 0.5) is 11.4 Å². The number of anilines is 2. The van der Waals surface area contributed by atoms with Crippen LogP contribution < -0.4 is 15.5 Å². The molecule has 3 aromatic carbocycles. The van der Waals surface area contributed by atoms with Gasteiger partial charge in [0, 0.05) is 35.1 Å². The molecule has 0 bridgehead atoms. The second-order valence-electron chi connectivity index (χ2n) is 7.45. The summed E-state index contributed by atoms with van der Waals surface area (Å²) >= 11 is 17.3. The van der Waals surface area contributed by atoms with E-state index in [4.69, 9.17) is 39.8 Å². The van der Waals surface area contributed by atoms with E-state index in [0.717, 1.165) is 24.3 Å². The minimum absolute atomic E-state index is 0.121. The molecule has 0 aliphatic carbocycles. The van der Waals surface area contributed by atoms with Crippen LogP contribution in [0.25, 0.3) is 22.6 Å². The summed E-state index contributed by atoms with van der Waals surface area (Å²) in [6, 6.07) is 18.2. The molecule has 34 heavy (non-hydrogen) atoms. The quantitative estimate of drug-likeness (QED) is 0.277. The zero-order valence-corrected chi connectivity index (χ0v) is 20.9. The van der Waals surface area contributed by atoms with Crippen LogP contribution in [0.5, 0.6) is 0 Å². The zero-order valence-electron chi connectivity index (χ0n) is 18.6. The lowest BCUT2D eigenvalue weighted by atomic mass is 10.2. The number of fused-ring (bicyclic) bond motifs is 1. The molecule has 1 heterocycles. The van der Waals surface area contributed by atoms with Crippen LogP contribution in [0.2, 0.25) is 10.0 Å². The third-order valence-electron chi connectivity index (χ3n) is 5.29. The van der Waals surface area contributed by atoms with Gasteiger partial charge in [0.05, 0.1) is 10.6 Å². The van der Waals surface area contributed by atoms with E-state index >= 15 is 0 Å². The molecule has 0 spiro atoms. The summed E-state index contributed by atoms with van der Waals surface area (Å²) in [5.41, 5.74) is 4.26. The Balaban J connectivity index is 1.47. The van der Waals surface area contributed by atoms with Gasteiger partial charge in [-0.3, -0.25) is 10.1 Å². The number of hydrogen-bond donors (Lipinski definition) is 2. The van der Waals surface area contributed by atoms with Crippen LogP contribution in [0, 0.1) is 0 Å². The average Bonchev–Trinajstić information content (AvgIpc) is 3.25. The van der Waals surface area contributed by atoms with Gasteiger partial charge in [0.25, 0.3) is 5.91 Å². The maximum atomic E-state index is 12.5. The smallest absolute Gasteiger partial charge is 0.258 e. The molecule has 0 atom stereocenters. The number of aromatic nitrogens is 1. The second kappa shape index (κ2) is 10.4. The van der Waals surface area contributed by atoms with E-state index in [1.807, 2.05) is 12.1 Å². The van der Waals surface area contributed by atoms with Gasteiger partial charge in [-0.05, 0) is 86.7 Å². The number of amides is 1. The predicted molar refractivity (Wildman–Crippen MR) is 143 cm³/mol. The molecule has 4 aromatic rings. The van der Waals surface area contributed by atoms with Gasteiger partial charge < -0.3 is 14.6 Å². The fraction of sp³-hybridized carbons (Fsp3) is 0.160. The van der Waals surface area contributed by atoms with Gasteiger partial charge in [0.15, 0.2) is 10.7 Å². The number of thiocarbonyl (C=S) groups is 1. The van der Waals surface area contributed by atoms with Gasteiger partial charge in [-0.15, -0.1) is 0 Å². The zero-order chi connectivity index (χ0) is 24.2. The number of hydrogen-bond acceptors (Lipinski definition) is 5. The molecule has 0 saturated carbocycles. The predicted octanol–water partition coefficient (Wildman–Crippen LogP) is 6.77. The highest BCUT2D eigenvalue weighted by Gasteiger charge is 2.14. The first-order chi connectivity index (χ1) is 16.4. The van der Waals surface area contributed by atoms with E-state index < -0.39 is 5.91 Å². The summed E-state index contributed by atoms with van der Waals surface area (Å²) in [4.78, 5) is 19.4. The summed E-state index contributed by atoms with van der Waals surface area (Å²) in [6.07, 6.45) is 0. The molecule has 4 rings (SSSR count). The van der Waals surface area contributed by atoms with Gasteiger partial charge >= 0.3 is 0 Å². The minimum Gasteiger partial charge on any atom is -0.436 e. The molecule has 174 valence electrons. The fourth-order valence-corrected chi connectivity index (χ4v) is 4.12. The van der Waals surface area contributed by atoms with E-state index in [2.05, 4.69) is 46.5 Å². The first kappa shape index (κ1) is 24.0. The molecule has 1 aromatic heterocycles. The Morgan fingerprint density at radius 2 is 1.76 bits per heavy atom. The topological polar surface area (TPSA) is 70.4 Å². The lowest BCUT2D eigenvalue weighted by Crippen LogP contribution is -2.34. The number of nitrogens with one attached hydrogen (secondary N) is 2. The molecular formula is C25H22Cl2N4O2S. The van der Waals surface area contributed by atoms with Crippen molar-refractivity contribution < 1.29 is 9.21 Å². The molecule has 0 saturated heterocycles. The van der Waals surface area contributed by atoms with Crippen molar-refractivity contribution in [3.05, 3.63) is 76.3 Å². The van der Waals surface area contributed by atoms with Crippen LogP contribution in [0.3, 0.4) is 0 Å². The Morgan fingerprint density at radius 1 is 1.03 bits per heavy atom. The number of carbonyl (C=O) groups is 1. The fourth-order valence-electron chi connectivity index (χ4n) is 3.54. The highest BCUT2D eigenvalue weighted by molar-refractivity contribution is 7.80. The van der Waals surface area contributed by atoms with Crippen molar-refractivity contribution in [1.82, 2.24) is 10.3 Å². The Morgan fingerprint density at radius 3 is 2.47 bits per heavy atom. The summed E-state index contributed by atoms with van der Waals surface area (Å²) in [5.74, 6) is 0.0766. The van der Waals surface area contributed by atoms with E-state index in [0.29, 0.717) is 27.7 Å². The van der Waals surface area contributed by atoms with Gasteiger partial charge in [-0.1, -0.05) is 23.2 Å². The molecule has 0 fully saturated rings. The lowest BCUT2D eigenvalue weighted by Gasteiger charge is -2.20. The molecule has 9 heteroatoms. The van der Waals surface area contributed by atoms with Crippen molar-refractivity contribution in [2.45, 2.75) is 13.8 Å². The summed E-state index contributed by atoms with van der Waals surface area (Å²) in [7, 11) is 0. The maximum absolute atomic E-state index is 12.5. The Hall–Kier alpha value is -3.13. The van der Waals surface area contributed by atoms with Crippen LogP contribution >= 0.6 is 35.4 Å². The van der Waals surface area contributed by atoms with E-state index in [1.165, 1.54) is 6.07 Å². The number of oxazole rings is 1. The first-order valence-electron chi connectivity index (χ1n) is 10.7. The normalized spacial score (nSPS) is 10.8. The molecule has 0 aliphatic rings. The van der Waals surface area contributed by atoms with Gasteiger partial charge in [0.2, 0.25) is 5.89 Å². The van der Waals surface area contributed by atoms with E-state index in [9.17, 15) is 4.79 Å². The third kappa shape index (κ3) is 5.33. The Labute approximate surface area is 212 Å². The first-order valence-corrected chi connectivity index (χ1v) is 11.9. The van der Waals surface area contributed by atoms with Crippen LogP contribution in [0.15, 0.2) is 65.1 Å². The summed E-state index contributed by atoms with van der Waals surface area (Å²) in [5, 5.41) is 6.40. The number of carbonyl (C=O) groups excluding carboxylic acids is 1. The monoisotopic (exact) mass is 512 g/mol. The summed E-state index contributed by atoms with van der Waals surface area (Å²) in [6.45, 7) is 6.16. The SMILES string of the molecule is CCN(CC)c1ccc(-c2nc3cc(NC(=S)NC(=O)c4cc(Cl)ccc4Cl)ccc3o2)cc1.